The molecule has 0 atom stereocenters. The number of fused-ring (bicyclic) bond motifs is 2. The number of carbonyl (C=O) groups is 1. The van der Waals surface area contributed by atoms with Crippen LogP contribution in [0.2, 0.25) is 0 Å². The van der Waals surface area contributed by atoms with Gasteiger partial charge in [0.2, 0.25) is 0 Å². The number of hydrogen-bond acceptors (Lipinski definition) is 5. The molecule has 0 fully saturated rings. The number of nitrogens with two attached hydrogens (primary N) is 1. The summed E-state index contributed by atoms with van der Waals surface area (Å²) in [5.74, 6) is -0.618. The number of rotatable bonds is 4. The molecular weight excluding hydrogens is 337 g/mol. The van der Waals surface area contributed by atoms with Crippen LogP contribution in [0.15, 0.2) is 41.3 Å². The normalized spacial score (nSPS) is 11.3. The minimum absolute atomic E-state index is 0.100. The summed E-state index contributed by atoms with van der Waals surface area (Å²) in [6.07, 6.45) is 3.71. The van der Waals surface area contributed by atoms with Gasteiger partial charge in [-0.05, 0) is 36.2 Å². The summed E-state index contributed by atoms with van der Waals surface area (Å²) >= 11 is 0. The molecular formula is C18H16FN5O2. The number of anilines is 1. The second-order valence-corrected chi connectivity index (χ2v) is 5.88. The third-order valence-corrected chi connectivity index (χ3v) is 4.13. The zero-order valence-electron chi connectivity index (χ0n) is 14.0. The molecule has 8 heteroatoms. The summed E-state index contributed by atoms with van der Waals surface area (Å²) in [5, 5.41) is 2.76. The van der Waals surface area contributed by atoms with E-state index in [4.69, 9.17) is 10.2 Å². The van der Waals surface area contributed by atoms with Gasteiger partial charge in [0.25, 0.3) is 5.91 Å². The third-order valence-electron chi connectivity index (χ3n) is 4.13. The highest BCUT2D eigenvalue weighted by atomic mass is 19.1. The molecule has 3 heterocycles. The van der Waals surface area contributed by atoms with Crippen molar-refractivity contribution in [2.75, 3.05) is 12.3 Å². The molecule has 3 N–H and O–H groups in total. The standard InChI is InChI=1S/C18H16FN5O2/c1-2-5-21-18(25)14-16(20)24-6-3-4-11(17(24)23-14)10-7-12(19)15-13(8-10)22-9-26-15/h3-4,6-9H,2,5,20H2,1H3,(H,21,25). The van der Waals surface area contributed by atoms with Crippen LogP contribution in [0.4, 0.5) is 10.2 Å². The van der Waals surface area contributed by atoms with E-state index in [0.29, 0.717) is 28.8 Å². The average Bonchev–Trinajstić information content (AvgIpc) is 3.24. The fourth-order valence-electron chi connectivity index (χ4n) is 2.88. The molecule has 0 radical (unpaired) electrons. The topological polar surface area (TPSA) is 98.5 Å². The van der Waals surface area contributed by atoms with Crippen LogP contribution in [0.3, 0.4) is 0 Å². The molecule has 4 rings (SSSR count). The monoisotopic (exact) mass is 353 g/mol. The number of nitrogens with one attached hydrogen (secondary N) is 1. The number of aromatic nitrogens is 3. The maximum absolute atomic E-state index is 14.3. The van der Waals surface area contributed by atoms with Gasteiger partial charge in [0, 0.05) is 18.3 Å². The van der Waals surface area contributed by atoms with Gasteiger partial charge in [0.05, 0.1) is 0 Å². The van der Waals surface area contributed by atoms with Gasteiger partial charge >= 0.3 is 0 Å². The molecule has 0 bridgehead atoms. The first-order chi connectivity index (χ1) is 12.6. The first-order valence-corrected chi connectivity index (χ1v) is 8.18. The van der Waals surface area contributed by atoms with E-state index in [1.807, 2.05) is 6.92 Å². The van der Waals surface area contributed by atoms with Crippen LogP contribution in [-0.2, 0) is 0 Å². The van der Waals surface area contributed by atoms with Gasteiger partial charge < -0.3 is 15.5 Å². The minimum atomic E-state index is -0.516. The van der Waals surface area contributed by atoms with E-state index in [1.165, 1.54) is 12.5 Å². The maximum atomic E-state index is 14.3. The van der Waals surface area contributed by atoms with Gasteiger partial charge in [-0.2, -0.15) is 0 Å². The predicted molar refractivity (Wildman–Crippen MR) is 95.2 cm³/mol. The quantitative estimate of drug-likeness (QED) is 0.588. The van der Waals surface area contributed by atoms with E-state index >= 15 is 0 Å². The number of hydrogen-bond donors (Lipinski definition) is 2. The fourth-order valence-corrected chi connectivity index (χ4v) is 2.88. The van der Waals surface area contributed by atoms with Crippen LogP contribution in [0, 0.1) is 5.82 Å². The smallest absolute Gasteiger partial charge is 0.273 e. The molecule has 0 aliphatic rings. The van der Waals surface area contributed by atoms with Crippen molar-refractivity contribution in [1.82, 2.24) is 19.7 Å². The van der Waals surface area contributed by atoms with Crippen molar-refractivity contribution in [1.29, 1.82) is 0 Å². The van der Waals surface area contributed by atoms with Crippen molar-refractivity contribution < 1.29 is 13.6 Å². The molecule has 0 aliphatic carbocycles. The summed E-state index contributed by atoms with van der Waals surface area (Å²) in [6, 6.07) is 6.61. The van der Waals surface area contributed by atoms with E-state index in [1.54, 1.807) is 28.8 Å². The van der Waals surface area contributed by atoms with Crippen molar-refractivity contribution >= 4 is 28.5 Å². The van der Waals surface area contributed by atoms with Crippen molar-refractivity contribution in [3.8, 4) is 11.1 Å². The lowest BCUT2D eigenvalue weighted by Crippen LogP contribution is -2.25. The van der Waals surface area contributed by atoms with Crippen LogP contribution in [-0.4, -0.2) is 26.8 Å². The summed E-state index contributed by atoms with van der Waals surface area (Å²) in [4.78, 5) is 20.7. The fraction of sp³-hybridized carbons (Fsp3) is 0.167. The number of nitrogens with zero attached hydrogens (tertiary/aromatic N) is 3. The summed E-state index contributed by atoms with van der Waals surface area (Å²) in [7, 11) is 0. The van der Waals surface area contributed by atoms with E-state index in [9.17, 15) is 9.18 Å². The largest absolute Gasteiger partial charge is 0.440 e. The Morgan fingerprint density at radius 1 is 1.42 bits per heavy atom. The zero-order valence-corrected chi connectivity index (χ0v) is 14.0. The Balaban J connectivity index is 1.88. The molecule has 0 unspecified atom stereocenters. The lowest BCUT2D eigenvalue weighted by atomic mass is 10.1. The minimum Gasteiger partial charge on any atom is -0.440 e. The van der Waals surface area contributed by atoms with Crippen molar-refractivity contribution in [3.05, 3.63) is 48.4 Å². The summed E-state index contributed by atoms with van der Waals surface area (Å²) < 4.78 is 20.9. The van der Waals surface area contributed by atoms with Crippen LogP contribution >= 0.6 is 0 Å². The second-order valence-electron chi connectivity index (χ2n) is 5.88. The molecule has 26 heavy (non-hydrogen) atoms. The SMILES string of the molecule is CCCNC(=O)c1nc2c(-c3cc(F)c4ocnc4c3)cccn2c1N. The van der Waals surface area contributed by atoms with Crippen LogP contribution in [0.25, 0.3) is 27.9 Å². The lowest BCUT2D eigenvalue weighted by molar-refractivity contribution is 0.0950. The Labute approximate surface area is 147 Å². The number of halogens is 1. The van der Waals surface area contributed by atoms with Gasteiger partial charge in [-0.15, -0.1) is 0 Å². The van der Waals surface area contributed by atoms with E-state index < -0.39 is 5.82 Å². The molecule has 0 aliphatic heterocycles. The number of carbonyl (C=O) groups excluding carboxylic acids is 1. The second kappa shape index (κ2) is 6.14. The maximum Gasteiger partial charge on any atom is 0.273 e. The Bertz CT molecular complexity index is 1130. The molecule has 1 aromatic carbocycles. The van der Waals surface area contributed by atoms with Crippen molar-refractivity contribution in [2.45, 2.75) is 13.3 Å². The molecule has 0 saturated heterocycles. The highest BCUT2D eigenvalue weighted by Crippen LogP contribution is 2.30. The first-order valence-electron chi connectivity index (χ1n) is 8.18. The van der Waals surface area contributed by atoms with Gasteiger partial charge in [-0.3, -0.25) is 9.20 Å². The molecule has 0 saturated carbocycles. The third kappa shape index (κ3) is 2.46. The Kier molecular flexibility index (Phi) is 3.80. The molecule has 4 aromatic rings. The van der Waals surface area contributed by atoms with Crippen LogP contribution < -0.4 is 11.1 Å². The Hall–Kier alpha value is -3.42. The number of amides is 1. The average molecular weight is 353 g/mol. The van der Waals surface area contributed by atoms with Crippen molar-refractivity contribution in [3.63, 3.8) is 0 Å². The highest BCUT2D eigenvalue weighted by molar-refractivity contribution is 5.99. The van der Waals surface area contributed by atoms with E-state index in [0.717, 1.165) is 6.42 Å². The lowest BCUT2D eigenvalue weighted by Gasteiger charge is -2.05. The van der Waals surface area contributed by atoms with Gasteiger partial charge in [-0.25, -0.2) is 14.4 Å². The van der Waals surface area contributed by atoms with Gasteiger partial charge in [-0.1, -0.05) is 6.92 Å². The van der Waals surface area contributed by atoms with Gasteiger partial charge in [0.15, 0.2) is 23.5 Å². The van der Waals surface area contributed by atoms with Crippen molar-refractivity contribution in [2.24, 2.45) is 0 Å². The molecule has 0 spiro atoms. The highest BCUT2D eigenvalue weighted by Gasteiger charge is 2.19. The van der Waals surface area contributed by atoms with Gasteiger partial charge in [0.1, 0.15) is 17.0 Å². The molecule has 7 nitrogen and oxygen atoms in total. The number of imidazole rings is 1. The van der Waals surface area contributed by atoms with E-state index in [-0.39, 0.29) is 23.0 Å². The number of nitrogen functional groups attached to an aromatic ring is 1. The molecule has 3 aromatic heterocycles. The first kappa shape index (κ1) is 16.1. The number of oxazole rings is 1. The van der Waals surface area contributed by atoms with Crippen LogP contribution in [0.5, 0.6) is 0 Å². The number of pyridine rings is 1. The van der Waals surface area contributed by atoms with Crippen LogP contribution in [0.1, 0.15) is 23.8 Å². The predicted octanol–water partition coefficient (Wildman–Crippen LogP) is 3.00. The zero-order chi connectivity index (χ0) is 18.3. The summed E-state index contributed by atoms with van der Waals surface area (Å²) in [5.41, 5.74) is 8.43. The number of benzene rings is 1. The summed E-state index contributed by atoms with van der Waals surface area (Å²) in [6.45, 7) is 2.49. The molecule has 1 amide bonds. The Morgan fingerprint density at radius 2 is 2.27 bits per heavy atom. The van der Waals surface area contributed by atoms with E-state index in [2.05, 4.69) is 15.3 Å². The Morgan fingerprint density at radius 3 is 3.08 bits per heavy atom. The molecule has 132 valence electrons.